The average Bonchev–Trinajstić information content (AvgIpc) is 3.86. The highest BCUT2D eigenvalue weighted by Crippen LogP contribution is 2.62. The predicted molar refractivity (Wildman–Crippen MR) is 292 cm³/mol. The van der Waals surface area contributed by atoms with E-state index in [1.807, 2.05) is 0 Å². The maximum absolute atomic E-state index is 2.76. The van der Waals surface area contributed by atoms with E-state index >= 15 is 0 Å². The van der Waals surface area contributed by atoms with E-state index in [4.69, 9.17) is 0 Å². The highest BCUT2D eigenvalue weighted by atomic mass is 32.1. The van der Waals surface area contributed by atoms with Crippen molar-refractivity contribution in [1.29, 1.82) is 0 Å². The largest absolute Gasteiger partial charge is 0.311 e. The molecule has 346 valence electrons. The lowest BCUT2D eigenvalue weighted by molar-refractivity contribution is 0.332. The second-order valence-electron chi connectivity index (χ2n) is 27.8. The smallest absolute Gasteiger partial charge is 0.254 e. The summed E-state index contributed by atoms with van der Waals surface area (Å²) in [6.45, 7) is 39.4. The van der Waals surface area contributed by atoms with E-state index in [9.17, 15) is 0 Å². The predicted octanol–water partition coefficient (Wildman–Crippen LogP) is 16.0. The van der Waals surface area contributed by atoms with Gasteiger partial charge in [-0.1, -0.05) is 135 Å². The lowest BCUT2D eigenvalue weighted by Crippen LogP contribution is -2.61. The van der Waals surface area contributed by atoms with Crippen LogP contribution in [0.25, 0.3) is 10.1 Å². The van der Waals surface area contributed by atoms with Gasteiger partial charge in [-0.05, 0) is 209 Å². The molecular weight excluding hydrogens is 828 g/mol. The number of thiophene rings is 1. The summed E-state index contributed by atoms with van der Waals surface area (Å²) in [5, 5.41) is 2.88. The summed E-state index contributed by atoms with van der Waals surface area (Å²) in [5.41, 5.74) is 23.9. The van der Waals surface area contributed by atoms with Gasteiger partial charge in [-0.2, -0.15) is 0 Å². The van der Waals surface area contributed by atoms with Gasteiger partial charge >= 0.3 is 0 Å². The van der Waals surface area contributed by atoms with Gasteiger partial charge in [0.2, 0.25) is 0 Å². The Morgan fingerprint density at radius 1 is 0.448 bits per heavy atom. The van der Waals surface area contributed by atoms with Crippen molar-refractivity contribution >= 4 is 78.0 Å². The molecule has 2 atom stereocenters. The standard InChI is InChI=1S/C63H75BN2S/c1-56(2,3)37-17-22-49-48(29-37)64-53-41-34-46-47(63(16)28-27-62(46,15)36-63)35-52(41)67-55(53)66(40-19-21-43-45(33-40)61(13,14)26-24-59(43,9)10)51-31-38(57(4,5)6)30-50(54(51)64)65(49)39-18-20-42-44(32-39)60(11,12)25-23-58(42,7)8/h17-22,29-35H,23-28,36H2,1-16H3. The topological polar surface area (TPSA) is 6.48 Å². The molecule has 0 saturated heterocycles. The van der Waals surface area contributed by atoms with Crippen LogP contribution in [-0.4, -0.2) is 6.71 Å². The van der Waals surface area contributed by atoms with Crippen LogP contribution in [0.15, 0.2) is 78.9 Å². The fourth-order valence-electron chi connectivity index (χ4n) is 14.5. The summed E-state index contributed by atoms with van der Waals surface area (Å²) in [7, 11) is 0. The Morgan fingerprint density at radius 2 is 0.940 bits per heavy atom. The average molecular weight is 903 g/mol. The van der Waals surface area contributed by atoms with Crippen molar-refractivity contribution in [1.82, 2.24) is 0 Å². The lowest BCUT2D eigenvalue weighted by atomic mass is 9.33. The first-order valence-corrected chi connectivity index (χ1v) is 26.8. The minimum atomic E-state index is -0.0795. The van der Waals surface area contributed by atoms with E-state index in [0.717, 1.165) is 0 Å². The van der Waals surface area contributed by atoms with Crippen LogP contribution < -0.4 is 26.2 Å². The van der Waals surface area contributed by atoms with Gasteiger partial charge in [-0.3, -0.25) is 0 Å². The number of anilines is 6. The normalized spacial score (nSPS) is 24.5. The minimum absolute atomic E-state index is 0.00542. The Labute approximate surface area is 408 Å². The van der Waals surface area contributed by atoms with Crippen LogP contribution in [0.2, 0.25) is 0 Å². The molecule has 6 aromatic rings. The lowest BCUT2D eigenvalue weighted by Gasteiger charge is -2.46. The first-order chi connectivity index (χ1) is 31.1. The zero-order chi connectivity index (χ0) is 47.6. The molecule has 0 spiro atoms. The number of hydrogen-bond acceptors (Lipinski definition) is 3. The molecule has 1 fully saturated rings. The molecule has 0 radical (unpaired) electrons. The highest BCUT2D eigenvalue weighted by molar-refractivity contribution is 7.26. The first-order valence-electron chi connectivity index (χ1n) is 26.0. The second kappa shape index (κ2) is 13.3. The number of nitrogens with zero attached hydrogens (tertiary/aromatic N) is 2. The quantitative estimate of drug-likeness (QED) is 0.160. The first kappa shape index (κ1) is 44.0. The molecular formula is C63H75BN2S. The fraction of sp³-hybridized carbons (Fsp3) is 0.492. The Bertz CT molecular complexity index is 3140. The molecule has 4 heteroatoms. The van der Waals surface area contributed by atoms with E-state index in [1.165, 1.54) is 138 Å². The van der Waals surface area contributed by atoms with Gasteiger partial charge in [0, 0.05) is 33.1 Å². The third-order valence-electron chi connectivity index (χ3n) is 19.1. The number of rotatable bonds is 2. The van der Waals surface area contributed by atoms with Gasteiger partial charge in [0.05, 0.1) is 5.00 Å². The summed E-state index contributed by atoms with van der Waals surface area (Å²) in [6.07, 6.45) is 8.67. The van der Waals surface area contributed by atoms with E-state index < -0.39 is 0 Å². The molecule has 1 saturated carbocycles. The molecule has 6 aliphatic rings. The molecule has 3 heterocycles. The van der Waals surface area contributed by atoms with Gasteiger partial charge < -0.3 is 9.80 Å². The third kappa shape index (κ3) is 6.12. The zero-order valence-corrected chi connectivity index (χ0v) is 44.7. The van der Waals surface area contributed by atoms with E-state index in [0.29, 0.717) is 0 Å². The highest BCUT2D eigenvalue weighted by Gasteiger charge is 2.54. The Kier molecular flexibility index (Phi) is 8.74. The summed E-state index contributed by atoms with van der Waals surface area (Å²) in [4.78, 5) is 5.47. The summed E-state index contributed by atoms with van der Waals surface area (Å²) >= 11 is 2.07. The summed E-state index contributed by atoms with van der Waals surface area (Å²) < 4.78 is 1.45. The molecule has 0 N–H and O–H groups in total. The molecule has 2 nitrogen and oxygen atoms in total. The molecule has 5 aromatic carbocycles. The van der Waals surface area contributed by atoms with Gasteiger partial charge in [-0.15, -0.1) is 11.3 Å². The second-order valence-corrected chi connectivity index (χ2v) is 28.8. The molecule has 1 aromatic heterocycles. The van der Waals surface area contributed by atoms with Crippen molar-refractivity contribution in [2.24, 2.45) is 0 Å². The Hall–Kier alpha value is -4.28. The van der Waals surface area contributed by atoms with E-state index in [-0.39, 0.29) is 50.0 Å². The van der Waals surface area contributed by atoms with Gasteiger partial charge in [-0.25, -0.2) is 0 Å². The number of hydrogen-bond donors (Lipinski definition) is 0. The van der Waals surface area contributed by atoms with Crippen molar-refractivity contribution in [3.05, 3.63) is 123 Å². The van der Waals surface area contributed by atoms with Crippen LogP contribution in [0.5, 0.6) is 0 Å². The van der Waals surface area contributed by atoms with Crippen LogP contribution in [0.4, 0.5) is 33.4 Å². The number of fused-ring (bicyclic) bond motifs is 13. The summed E-state index contributed by atoms with van der Waals surface area (Å²) in [5.74, 6) is 0. The SMILES string of the molecule is CC(C)(C)c1ccc2c(c1)B1c3c(cc(C(C)(C)C)cc3N(c3ccc4c(c3)C(C)(C)CCC4(C)C)c3sc4cc5c(cc4c31)C1(C)CCC5(C)C1)N2c1ccc2c(c1)C(C)(C)CCC2(C)C. The van der Waals surface area contributed by atoms with E-state index in [2.05, 4.69) is 211 Å². The van der Waals surface area contributed by atoms with Crippen molar-refractivity contribution in [3.63, 3.8) is 0 Å². The van der Waals surface area contributed by atoms with Crippen LogP contribution >= 0.6 is 11.3 Å². The molecule has 12 rings (SSSR count). The van der Waals surface area contributed by atoms with Crippen molar-refractivity contribution in [2.45, 2.75) is 199 Å². The van der Waals surface area contributed by atoms with Crippen LogP contribution in [0.3, 0.4) is 0 Å². The fourth-order valence-corrected chi connectivity index (χ4v) is 15.8. The Balaban J connectivity index is 1.22. The Morgan fingerprint density at radius 3 is 1.48 bits per heavy atom. The van der Waals surface area contributed by atoms with Crippen molar-refractivity contribution in [3.8, 4) is 0 Å². The van der Waals surface area contributed by atoms with E-state index in [1.54, 1.807) is 11.1 Å². The number of benzene rings is 5. The molecule has 4 aliphatic carbocycles. The minimum Gasteiger partial charge on any atom is -0.311 e. The molecule has 0 amide bonds. The molecule has 2 unspecified atom stereocenters. The molecule has 67 heavy (non-hydrogen) atoms. The maximum Gasteiger partial charge on any atom is 0.254 e. The maximum atomic E-state index is 2.76. The van der Waals surface area contributed by atoms with Gasteiger partial charge in [0.1, 0.15) is 0 Å². The van der Waals surface area contributed by atoms with Crippen LogP contribution in [-0.2, 0) is 43.3 Å². The zero-order valence-electron chi connectivity index (χ0n) is 43.8. The van der Waals surface area contributed by atoms with Crippen LogP contribution in [0.1, 0.15) is 200 Å². The molecule has 2 aliphatic heterocycles. The molecule has 2 bridgehead atoms. The van der Waals surface area contributed by atoms with Gasteiger partial charge in [0.25, 0.3) is 6.71 Å². The van der Waals surface area contributed by atoms with Crippen LogP contribution in [0, 0.1) is 0 Å². The van der Waals surface area contributed by atoms with Gasteiger partial charge in [0.15, 0.2) is 0 Å². The van der Waals surface area contributed by atoms with Crippen molar-refractivity contribution < 1.29 is 0 Å². The van der Waals surface area contributed by atoms with Crippen molar-refractivity contribution in [2.75, 3.05) is 9.80 Å². The third-order valence-corrected chi connectivity index (χ3v) is 20.2. The monoisotopic (exact) mass is 903 g/mol. The summed E-state index contributed by atoms with van der Waals surface area (Å²) in [6, 6.07) is 33.4.